The number of amides is 1. The molecule has 0 bridgehead atoms. The fourth-order valence-corrected chi connectivity index (χ4v) is 4.53. The van der Waals surface area contributed by atoms with Gasteiger partial charge in [0.1, 0.15) is 0 Å². The molecule has 0 spiro atoms. The van der Waals surface area contributed by atoms with Crippen LogP contribution >= 0.6 is 0 Å². The molecule has 0 unspecified atom stereocenters. The van der Waals surface area contributed by atoms with Crippen molar-refractivity contribution >= 4 is 28.1 Å². The first kappa shape index (κ1) is 17.0. The lowest BCUT2D eigenvalue weighted by Crippen LogP contribution is -2.14. The minimum Gasteiger partial charge on any atom is -0.343 e. The number of carbonyl (C=O) groups is 1. The summed E-state index contributed by atoms with van der Waals surface area (Å²) >= 11 is 0. The first-order chi connectivity index (χ1) is 14.8. The summed E-state index contributed by atoms with van der Waals surface area (Å²) in [5, 5.41) is 8.66. The van der Waals surface area contributed by atoms with E-state index >= 15 is 0 Å². The predicted molar refractivity (Wildman–Crippen MR) is 116 cm³/mol. The molecule has 6 heteroatoms. The molecule has 0 fully saturated rings. The standard InChI is InChI=1S/C24H19N5O/c30-22-12-17(18-13-26-29-11-5-10-25-24(18)29)19-15-28(14-16-6-2-1-3-7-16)21-9-4-8-20(27-22)23(19)21/h1-11,13,15,17H,12,14H2,(H,27,30)/t17-/m0/s1. The second-order valence-corrected chi connectivity index (χ2v) is 7.69. The van der Waals surface area contributed by atoms with Crippen molar-refractivity contribution in [2.24, 2.45) is 0 Å². The third-order valence-electron chi connectivity index (χ3n) is 5.85. The molecule has 30 heavy (non-hydrogen) atoms. The van der Waals surface area contributed by atoms with Gasteiger partial charge in [0.05, 0.1) is 17.4 Å². The normalized spacial score (nSPS) is 16.0. The Kier molecular flexibility index (Phi) is 3.71. The topological polar surface area (TPSA) is 64.2 Å². The van der Waals surface area contributed by atoms with Gasteiger partial charge in [-0.2, -0.15) is 5.10 Å². The highest BCUT2D eigenvalue weighted by atomic mass is 16.1. The van der Waals surface area contributed by atoms with Crippen LogP contribution in [0.1, 0.15) is 29.0 Å². The molecule has 0 radical (unpaired) electrons. The van der Waals surface area contributed by atoms with E-state index in [0.717, 1.165) is 39.9 Å². The van der Waals surface area contributed by atoms with Crippen LogP contribution in [0.2, 0.25) is 0 Å². The summed E-state index contributed by atoms with van der Waals surface area (Å²) in [6.07, 6.45) is 8.04. The van der Waals surface area contributed by atoms with Gasteiger partial charge >= 0.3 is 0 Å². The lowest BCUT2D eigenvalue weighted by Gasteiger charge is -2.12. The van der Waals surface area contributed by atoms with Crippen molar-refractivity contribution in [3.05, 3.63) is 96.1 Å². The van der Waals surface area contributed by atoms with Gasteiger partial charge in [-0.1, -0.05) is 36.4 Å². The molecule has 1 atom stereocenters. The van der Waals surface area contributed by atoms with Crippen LogP contribution in [0.25, 0.3) is 16.6 Å². The second kappa shape index (κ2) is 6.56. The smallest absolute Gasteiger partial charge is 0.225 e. The van der Waals surface area contributed by atoms with Crippen molar-refractivity contribution in [3.8, 4) is 0 Å². The van der Waals surface area contributed by atoms with E-state index in [2.05, 4.69) is 56.5 Å². The van der Waals surface area contributed by atoms with Crippen molar-refractivity contribution < 1.29 is 4.79 Å². The number of rotatable bonds is 3. The third-order valence-corrected chi connectivity index (χ3v) is 5.85. The molecule has 3 aromatic heterocycles. The first-order valence-corrected chi connectivity index (χ1v) is 10.0. The Bertz CT molecular complexity index is 1400. The summed E-state index contributed by atoms with van der Waals surface area (Å²) in [5.74, 6) is -0.103. The van der Waals surface area contributed by atoms with Gasteiger partial charge in [0.25, 0.3) is 0 Å². The Morgan fingerprint density at radius 3 is 2.83 bits per heavy atom. The monoisotopic (exact) mass is 393 g/mol. The van der Waals surface area contributed by atoms with Crippen LogP contribution in [0.5, 0.6) is 0 Å². The van der Waals surface area contributed by atoms with Crippen molar-refractivity contribution in [1.29, 1.82) is 0 Å². The fraction of sp³-hybridized carbons (Fsp3) is 0.125. The zero-order chi connectivity index (χ0) is 20.1. The Hall–Kier alpha value is -3.93. The van der Waals surface area contributed by atoms with Gasteiger partial charge in [-0.05, 0) is 29.3 Å². The van der Waals surface area contributed by atoms with Gasteiger partial charge in [-0.15, -0.1) is 0 Å². The molecule has 1 aliphatic rings. The minimum absolute atomic E-state index is 0.00795. The lowest BCUT2D eigenvalue weighted by molar-refractivity contribution is -0.116. The number of nitrogens with one attached hydrogen (secondary N) is 1. The Morgan fingerprint density at radius 2 is 1.93 bits per heavy atom. The number of fused-ring (bicyclic) bond motifs is 1. The molecule has 4 heterocycles. The summed E-state index contributed by atoms with van der Waals surface area (Å²) in [7, 11) is 0. The molecule has 5 aromatic rings. The van der Waals surface area contributed by atoms with Crippen molar-refractivity contribution in [1.82, 2.24) is 19.2 Å². The van der Waals surface area contributed by atoms with Gasteiger partial charge in [0.15, 0.2) is 5.65 Å². The van der Waals surface area contributed by atoms with Crippen molar-refractivity contribution in [2.45, 2.75) is 18.9 Å². The number of hydrogen-bond donors (Lipinski definition) is 1. The van der Waals surface area contributed by atoms with Crippen LogP contribution in [0, 0.1) is 0 Å². The van der Waals surface area contributed by atoms with E-state index in [9.17, 15) is 4.79 Å². The Labute approximate surface area is 172 Å². The average molecular weight is 393 g/mol. The van der Waals surface area contributed by atoms with Gasteiger partial charge in [0, 0.05) is 48.4 Å². The van der Waals surface area contributed by atoms with E-state index in [1.54, 1.807) is 10.7 Å². The number of nitrogens with zero attached hydrogens (tertiary/aromatic N) is 4. The molecule has 1 aliphatic heterocycles. The van der Waals surface area contributed by atoms with Gasteiger partial charge in [-0.3, -0.25) is 4.79 Å². The van der Waals surface area contributed by atoms with E-state index in [4.69, 9.17) is 0 Å². The van der Waals surface area contributed by atoms with Crippen LogP contribution < -0.4 is 5.32 Å². The van der Waals surface area contributed by atoms with E-state index in [1.807, 2.05) is 36.7 Å². The highest BCUT2D eigenvalue weighted by molar-refractivity contribution is 6.06. The largest absolute Gasteiger partial charge is 0.343 e. The van der Waals surface area contributed by atoms with E-state index in [0.29, 0.717) is 6.42 Å². The summed E-state index contributed by atoms with van der Waals surface area (Å²) in [6, 6.07) is 18.4. The fourth-order valence-electron chi connectivity index (χ4n) is 4.53. The van der Waals surface area contributed by atoms with Gasteiger partial charge in [-0.25, -0.2) is 9.50 Å². The van der Waals surface area contributed by atoms with Crippen molar-refractivity contribution in [3.63, 3.8) is 0 Å². The summed E-state index contributed by atoms with van der Waals surface area (Å²) in [6.45, 7) is 0.772. The number of benzene rings is 2. The zero-order valence-electron chi connectivity index (χ0n) is 16.2. The molecular weight excluding hydrogens is 374 g/mol. The lowest BCUT2D eigenvalue weighted by atomic mass is 9.90. The number of hydrogen-bond acceptors (Lipinski definition) is 3. The summed E-state index contributed by atoms with van der Waals surface area (Å²) in [5.41, 5.74) is 6.12. The predicted octanol–water partition coefficient (Wildman–Crippen LogP) is 4.21. The van der Waals surface area contributed by atoms with Crippen LogP contribution in [0.3, 0.4) is 0 Å². The number of anilines is 1. The molecule has 6 rings (SSSR count). The molecule has 2 aromatic carbocycles. The molecule has 1 amide bonds. The Morgan fingerprint density at radius 1 is 1.03 bits per heavy atom. The molecule has 146 valence electrons. The Balaban J connectivity index is 1.58. The molecule has 6 nitrogen and oxygen atoms in total. The highest BCUT2D eigenvalue weighted by Crippen LogP contribution is 2.41. The maximum Gasteiger partial charge on any atom is 0.225 e. The van der Waals surface area contributed by atoms with E-state index in [-0.39, 0.29) is 11.8 Å². The number of carbonyl (C=O) groups excluding carboxylic acids is 1. The summed E-state index contributed by atoms with van der Waals surface area (Å²) in [4.78, 5) is 17.3. The summed E-state index contributed by atoms with van der Waals surface area (Å²) < 4.78 is 4.04. The molecule has 1 N–H and O–H groups in total. The van der Waals surface area contributed by atoms with Crippen LogP contribution in [-0.4, -0.2) is 25.1 Å². The maximum absolute atomic E-state index is 12.7. The van der Waals surface area contributed by atoms with E-state index < -0.39 is 0 Å². The first-order valence-electron chi connectivity index (χ1n) is 10.0. The molecular formula is C24H19N5O. The zero-order valence-corrected chi connectivity index (χ0v) is 16.2. The molecule has 0 aliphatic carbocycles. The van der Waals surface area contributed by atoms with Gasteiger partial charge < -0.3 is 9.88 Å². The average Bonchev–Trinajstić information content (AvgIpc) is 3.32. The SMILES string of the molecule is O=C1C[C@@H](c2cnn3cccnc23)c2cn(Cc3ccccc3)c3cccc(c23)N1. The van der Waals surface area contributed by atoms with Gasteiger partial charge in [0.2, 0.25) is 5.91 Å². The molecule has 0 saturated carbocycles. The highest BCUT2D eigenvalue weighted by Gasteiger charge is 2.30. The molecule has 0 saturated heterocycles. The maximum atomic E-state index is 12.7. The quantitative estimate of drug-likeness (QED) is 0.499. The third kappa shape index (κ3) is 2.61. The van der Waals surface area contributed by atoms with Crippen LogP contribution in [0.15, 0.2) is 79.4 Å². The van der Waals surface area contributed by atoms with Crippen molar-refractivity contribution in [2.75, 3.05) is 5.32 Å². The van der Waals surface area contributed by atoms with E-state index in [1.165, 1.54) is 5.56 Å². The second-order valence-electron chi connectivity index (χ2n) is 7.69. The minimum atomic E-state index is -0.111. The number of aromatic nitrogens is 4. The van der Waals surface area contributed by atoms with Crippen LogP contribution in [-0.2, 0) is 11.3 Å². The van der Waals surface area contributed by atoms with Crippen LogP contribution in [0.4, 0.5) is 5.69 Å².